The summed E-state index contributed by atoms with van der Waals surface area (Å²) in [5.74, 6) is -1.64. The molecule has 2 fully saturated rings. The molecule has 1 aromatic heterocycles. The van der Waals surface area contributed by atoms with E-state index in [1.807, 2.05) is 0 Å². The molecule has 0 radical (unpaired) electrons. The average Bonchev–Trinajstić information content (AvgIpc) is 3.30. The molecular weight excluding hydrogens is 426 g/mol. The van der Waals surface area contributed by atoms with Crippen molar-refractivity contribution in [2.24, 2.45) is 13.0 Å². The second-order valence-corrected chi connectivity index (χ2v) is 8.56. The summed E-state index contributed by atoms with van der Waals surface area (Å²) in [6.07, 6.45) is 0.396. The molecule has 3 aliphatic heterocycles. The topological polar surface area (TPSA) is 154 Å². The lowest BCUT2D eigenvalue weighted by Crippen LogP contribution is -2.69. The molecule has 31 heavy (non-hydrogen) atoms. The fourth-order valence-electron chi connectivity index (χ4n) is 4.35. The van der Waals surface area contributed by atoms with Gasteiger partial charge in [-0.15, -0.1) is 5.10 Å². The number of amides is 3. The maximum Gasteiger partial charge on any atom is 0.353 e. The number of aromatic nitrogens is 4. The number of aliphatic carboxylic acids is 1. The van der Waals surface area contributed by atoms with Crippen molar-refractivity contribution >= 4 is 35.4 Å². The number of tetrazole rings is 1. The summed E-state index contributed by atoms with van der Waals surface area (Å²) in [5.41, 5.74) is 0.410. The number of nitrogens with zero attached hydrogens (tertiary/aromatic N) is 6. The van der Waals surface area contributed by atoms with Gasteiger partial charge in [0.2, 0.25) is 5.16 Å². The van der Waals surface area contributed by atoms with Crippen LogP contribution in [0.15, 0.2) is 40.0 Å². The van der Waals surface area contributed by atoms with Gasteiger partial charge in [-0.25, -0.2) is 14.3 Å². The first-order valence-electron chi connectivity index (χ1n) is 9.41. The smallest absolute Gasteiger partial charge is 0.353 e. The fraction of sp³-hybridized carbons (Fsp3) is 0.333. The quantitative estimate of drug-likeness (QED) is 0.451. The largest absolute Gasteiger partial charge is 0.508 e. The number of hydrogen-bond donors (Lipinski definition) is 3. The first-order valence-corrected chi connectivity index (χ1v) is 10.2. The molecule has 3 atom stereocenters. The number of carbonyl (C=O) groups is 3. The lowest BCUT2D eigenvalue weighted by atomic mass is 9.82. The summed E-state index contributed by atoms with van der Waals surface area (Å²) in [6.45, 7) is 0.315. The van der Waals surface area contributed by atoms with Crippen LogP contribution in [0.1, 0.15) is 6.42 Å². The van der Waals surface area contributed by atoms with Gasteiger partial charge >= 0.3 is 12.0 Å². The predicted octanol–water partition coefficient (Wildman–Crippen LogP) is 0.451. The van der Waals surface area contributed by atoms with Crippen molar-refractivity contribution in [2.45, 2.75) is 23.7 Å². The highest BCUT2D eigenvalue weighted by Gasteiger charge is 2.64. The Morgan fingerprint density at radius 3 is 2.65 bits per heavy atom. The summed E-state index contributed by atoms with van der Waals surface area (Å²) in [6, 6.07) is 4.50. The Morgan fingerprint density at radius 2 is 2.00 bits per heavy atom. The molecule has 3 aliphatic rings. The number of carboxylic acids is 1. The molecule has 2 aromatic rings. The van der Waals surface area contributed by atoms with Crippen LogP contribution in [0, 0.1) is 5.92 Å². The number of benzene rings is 1. The minimum atomic E-state index is -1.20. The number of aryl methyl sites for hydroxylation is 1. The third kappa shape index (κ3) is 3.00. The first kappa shape index (κ1) is 19.4. The van der Waals surface area contributed by atoms with E-state index in [0.717, 1.165) is 11.8 Å². The van der Waals surface area contributed by atoms with Crippen molar-refractivity contribution in [1.29, 1.82) is 0 Å². The van der Waals surface area contributed by atoms with Gasteiger partial charge < -0.3 is 20.4 Å². The number of carboxylic acid groups (broad SMARTS) is 1. The maximum atomic E-state index is 12.9. The van der Waals surface area contributed by atoms with Gasteiger partial charge in [-0.1, -0.05) is 11.8 Å². The van der Waals surface area contributed by atoms with Crippen LogP contribution in [0.5, 0.6) is 5.75 Å². The molecular formula is C18H17N7O5S. The zero-order chi connectivity index (χ0) is 21.9. The number of thioether (sulfide) groups is 1. The van der Waals surface area contributed by atoms with Crippen LogP contribution >= 0.6 is 11.8 Å². The van der Waals surface area contributed by atoms with E-state index < -0.39 is 23.9 Å². The van der Waals surface area contributed by atoms with Gasteiger partial charge in [-0.3, -0.25) is 9.69 Å². The molecule has 3 N–H and O–H groups in total. The Bertz CT molecular complexity index is 1130. The summed E-state index contributed by atoms with van der Waals surface area (Å²) in [4.78, 5) is 41.0. The number of aromatic hydroxyl groups is 1. The number of phenols is 1. The minimum Gasteiger partial charge on any atom is -0.508 e. The zero-order valence-corrected chi connectivity index (χ0v) is 17.0. The van der Waals surface area contributed by atoms with E-state index in [1.54, 1.807) is 19.2 Å². The van der Waals surface area contributed by atoms with Crippen molar-refractivity contribution in [3.8, 4) is 5.75 Å². The normalized spacial score (nSPS) is 24.2. The van der Waals surface area contributed by atoms with Gasteiger partial charge in [-0.05, 0) is 41.1 Å². The summed E-state index contributed by atoms with van der Waals surface area (Å²) in [5, 5.41) is 33.5. The number of likely N-dealkylation sites (tertiary alicyclic amines) is 1. The number of allylic oxidation sites excluding steroid dienone is 1. The van der Waals surface area contributed by atoms with E-state index in [9.17, 15) is 24.6 Å². The molecule has 4 heterocycles. The second kappa shape index (κ2) is 6.97. The van der Waals surface area contributed by atoms with E-state index in [-0.39, 0.29) is 23.4 Å². The van der Waals surface area contributed by atoms with Crippen LogP contribution in [0.4, 0.5) is 10.5 Å². The number of phenolic OH excluding ortho intramolecular Hbond substituents is 1. The van der Waals surface area contributed by atoms with Gasteiger partial charge in [0, 0.05) is 30.1 Å². The number of nitrogens with one attached hydrogen (secondary N) is 1. The van der Waals surface area contributed by atoms with Crippen molar-refractivity contribution < 1.29 is 24.6 Å². The molecule has 13 heteroatoms. The Balaban J connectivity index is 1.40. The molecule has 3 amide bonds. The van der Waals surface area contributed by atoms with Crippen LogP contribution < -0.4 is 5.32 Å². The lowest BCUT2D eigenvalue weighted by Gasteiger charge is -2.49. The Hall–Kier alpha value is -3.61. The predicted molar refractivity (Wildman–Crippen MR) is 106 cm³/mol. The highest BCUT2D eigenvalue weighted by molar-refractivity contribution is 8.03. The highest BCUT2D eigenvalue weighted by atomic mass is 32.2. The third-order valence-corrected chi connectivity index (χ3v) is 6.83. The molecule has 160 valence electrons. The molecule has 5 rings (SSSR count). The molecule has 0 bridgehead atoms. The van der Waals surface area contributed by atoms with Gasteiger partial charge in [0.25, 0.3) is 5.91 Å². The second-order valence-electron chi connectivity index (χ2n) is 7.50. The van der Waals surface area contributed by atoms with Crippen molar-refractivity contribution in [1.82, 2.24) is 30.0 Å². The maximum absolute atomic E-state index is 12.9. The molecule has 12 nitrogen and oxygen atoms in total. The average molecular weight is 443 g/mol. The van der Waals surface area contributed by atoms with E-state index in [2.05, 4.69) is 20.8 Å². The van der Waals surface area contributed by atoms with Gasteiger partial charge in [0.1, 0.15) is 17.5 Å². The van der Waals surface area contributed by atoms with Crippen molar-refractivity contribution in [2.75, 3.05) is 11.9 Å². The number of β-lactam (4-membered cyclic amide) rings is 1. The standard InChI is InChI=1S/C18H17N7O5S/c1-23-18(20-21-22-23)31-11-6-8-7-24(17(30)19-9-2-4-10(26)5-3-9)14-12(8)25(15(14)27)13(11)16(28)29/h2-5,8,12,14,26H,6-7H2,1H3,(H,19,30)(H,28,29)/t8-,12-,14+/m1/s1. The highest BCUT2D eigenvalue weighted by Crippen LogP contribution is 2.50. The molecule has 0 unspecified atom stereocenters. The van der Waals surface area contributed by atoms with E-state index >= 15 is 0 Å². The van der Waals surface area contributed by atoms with Gasteiger partial charge in [-0.2, -0.15) is 0 Å². The van der Waals surface area contributed by atoms with Crippen molar-refractivity contribution in [3.63, 3.8) is 0 Å². The molecule has 1 aromatic carbocycles. The molecule has 0 aliphatic carbocycles. The number of hydrogen-bond acceptors (Lipinski definition) is 8. The minimum absolute atomic E-state index is 0.0729. The molecule has 0 spiro atoms. The zero-order valence-electron chi connectivity index (χ0n) is 16.2. The SMILES string of the molecule is Cn1nnnc1SC1=C(C(=O)O)N2C(=O)[C@@H]3[C@H]2[C@H](C1)CN3C(=O)Nc1ccc(O)cc1. The number of carbonyl (C=O) groups excluding carboxylic acids is 2. The van der Waals surface area contributed by atoms with E-state index in [0.29, 0.717) is 28.7 Å². The van der Waals surface area contributed by atoms with Gasteiger partial charge in [0.15, 0.2) is 0 Å². The Kier molecular flexibility index (Phi) is 4.36. The summed E-state index contributed by atoms with van der Waals surface area (Å²) < 4.78 is 1.43. The fourth-order valence-corrected chi connectivity index (χ4v) is 5.39. The van der Waals surface area contributed by atoms with Crippen LogP contribution in [0.25, 0.3) is 0 Å². The monoisotopic (exact) mass is 443 g/mol. The summed E-state index contributed by atoms with van der Waals surface area (Å²) in [7, 11) is 1.64. The van der Waals surface area contributed by atoms with Crippen LogP contribution in [0.2, 0.25) is 0 Å². The van der Waals surface area contributed by atoms with Crippen LogP contribution in [-0.2, 0) is 16.6 Å². The van der Waals surface area contributed by atoms with E-state index in [4.69, 9.17) is 0 Å². The van der Waals surface area contributed by atoms with Gasteiger partial charge in [0.05, 0.1) is 6.04 Å². The molecule has 2 saturated heterocycles. The first-order chi connectivity index (χ1) is 14.8. The van der Waals surface area contributed by atoms with Crippen LogP contribution in [0.3, 0.4) is 0 Å². The van der Waals surface area contributed by atoms with E-state index in [1.165, 1.54) is 26.6 Å². The third-order valence-electron chi connectivity index (χ3n) is 5.69. The number of anilines is 1. The van der Waals surface area contributed by atoms with Crippen molar-refractivity contribution in [3.05, 3.63) is 34.9 Å². The van der Waals surface area contributed by atoms with Crippen LogP contribution in [-0.4, -0.2) is 76.8 Å². The Morgan fingerprint density at radius 1 is 1.26 bits per heavy atom. The molecule has 0 saturated carbocycles. The lowest BCUT2D eigenvalue weighted by molar-refractivity contribution is -0.155. The summed E-state index contributed by atoms with van der Waals surface area (Å²) >= 11 is 1.12. The number of urea groups is 1. The Labute approximate surface area is 179 Å². The number of rotatable bonds is 4.